The van der Waals surface area contributed by atoms with Gasteiger partial charge in [-0.15, -0.1) is 15.3 Å². The number of fused-ring (bicyclic) bond motifs is 1. The van der Waals surface area contributed by atoms with Gasteiger partial charge in [0.25, 0.3) is 0 Å². The molecule has 0 aliphatic heterocycles. The van der Waals surface area contributed by atoms with E-state index in [9.17, 15) is 9.90 Å². The summed E-state index contributed by atoms with van der Waals surface area (Å²) >= 11 is 0. The van der Waals surface area contributed by atoms with E-state index in [1.807, 2.05) is 27.7 Å². The fourth-order valence-corrected chi connectivity index (χ4v) is 2.06. The molecule has 0 saturated carbocycles. The maximum atomic E-state index is 11.2. The molecule has 2 rings (SSSR count). The van der Waals surface area contributed by atoms with Gasteiger partial charge in [-0.25, -0.2) is 4.79 Å². The highest BCUT2D eigenvalue weighted by atomic mass is 16.4. The van der Waals surface area contributed by atoms with Crippen molar-refractivity contribution in [3.8, 4) is 0 Å². The largest absolute Gasteiger partial charge is 0.480 e. The number of rotatable bonds is 5. The molecule has 7 heteroatoms. The van der Waals surface area contributed by atoms with Gasteiger partial charge < -0.3 is 10.4 Å². The summed E-state index contributed by atoms with van der Waals surface area (Å²) in [4.78, 5) is 11.2. The summed E-state index contributed by atoms with van der Waals surface area (Å²) < 4.78 is 1.66. The Morgan fingerprint density at radius 3 is 2.67 bits per heavy atom. The summed E-state index contributed by atoms with van der Waals surface area (Å²) in [7, 11) is 0. The first kappa shape index (κ1) is 15.2. The summed E-state index contributed by atoms with van der Waals surface area (Å²) in [5.74, 6) is 0.371. The molecule has 21 heavy (non-hydrogen) atoms. The minimum Gasteiger partial charge on any atom is -0.480 e. The summed E-state index contributed by atoms with van der Waals surface area (Å²) in [5, 5.41) is 24.8. The van der Waals surface area contributed by atoms with Crippen molar-refractivity contribution in [2.45, 2.75) is 52.0 Å². The first-order valence-corrected chi connectivity index (χ1v) is 7.05. The second-order valence-corrected chi connectivity index (χ2v) is 6.09. The molecule has 1 atom stereocenters. The van der Waals surface area contributed by atoms with Crippen LogP contribution in [-0.4, -0.2) is 36.9 Å². The van der Waals surface area contributed by atoms with Gasteiger partial charge in [-0.2, -0.15) is 4.52 Å². The van der Waals surface area contributed by atoms with Gasteiger partial charge >= 0.3 is 5.97 Å². The minimum absolute atomic E-state index is 0.194. The van der Waals surface area contributed by atoms with Crippen LogP contribution in [0, 0.1) is 0 Å². The monoisotopic (exact) mass is 291 g/mol. The molecule has 7 nitrogen and oxygen atoms in total. The number of nitrogens with zero attached hydrogens (tertiary/aromatic N) is 4. The molecule has 2 aromatic rings. The number of aliphatic carboxylic acids is 1. The average Bonchev–Trinajstić information content (AvgIpc) is 2.81. The number of nitrogens with one attached hydrogen (secondary N) is 1. The Balaban J connectivity index is 2.35. The molecule has 2 heterocycles. The fraction of sp³-hybridized carbons (Fsp3) is 0.571. The number of hydrogen-bond acceptors (Lipinski definition) is 5. The summed E-state index contributed by atoms with van der Waals surface area (Å²) in [5.41, 5.74) is 0.452. The molecule has 0 bridgehead atoms. The third-order valence-electron chi connectivity index (χ3n) is 3.13. The molecule has 0 aromatic carbocycles. The van der Waals surface area contributed by atoms with Crippen LogP contribution in [0.4, 0.5) is 5.82 Å². The Labute approximate surface area is 123 Å². The lowest BCUT2D eigenvalue weighted by Gasteiger charge is -2.17. The third kappa shape index (κ3) is 3.29. The number of anilines is 1. The van der Waals surface area contributed by atoms with Crippen molar-refractivity contribution >= 4 is 17.4 Å². The van der Waals surface area contributed by atoms with Crippen molar-refractivity contribution in [1.29, 1.82) is 0 Å². The van der Waals surface area contributed by atoms with Crippen LogP contribution in [-0.2, 0) is 10.2 Å². The van der Waals surface area contributed by atoms with Crippen LogP contribution < -0.4 is 5.32 Å². The normalized spacial score (nSPS) is 13.3. The van der Waals surface area contributed by atoms with Crippen LogP contribution in [0.5, 0.6) is 0 Å². The van der Waals surface area contributed by atoms with Crippen LogP contribution in [0.25, 0.3) is 5.65 Å². The number of carbonyl (C=O) groups is 1. The fourth-order valence-electron chi connectivity index (χ4n) is 2.06. The third-order valence-corrected chi connectivity index (χ3v) is 3.13. The molecule has 0 amide bonds. The minimum atomic E-state index is -0.876. The zero-order valence-corrected chi connectivity index (χ0v) is 12.8. The lowest BCUT2D eigenvalue weighted by atomic mass is 9.96. The quantitative estimate of drug-likeness (QED) is 0.876. The zero-order chi connectivity index (χ0) is 15.6. The highest BCUT2D eigenvalue weighted by molar-refractivity contribution is 5.76. The van der Waals surface area contributed by atoms with E-state index < -0.39 is 12.0 Å². The topological polar surface area (TPSA) is 92.4 Å². The molecule has 0 saturated heterocycles. The first-order chi connectivity index (χ1) is 9.82. The van der Waals surface area contributed by atoms with E-state index in [2.05, 4.69) is 20.6 Å². The molecule has 114 valence electrons. The van der Waals surface area contributed by atoms with E-state index in [-0.39, 0.29) is 5.41 Å². The molecule has 0 radical (unpaired) electrons. The Kier molecular flexibility index (Phi) is 4.11. The summed E-state index contributed by atoms with van der Waals surface area (Å²) in [6.07, 6.45) is 1.33. The van der Waals surface area contributed by atoms with Crippen LogP contribution >= 0.6 is 0 Å². The highest BCUT2D eigenvalue weighted by Crippen LogP contribution is 2.21. The molecular formula is C14H21N5O2. The van der Waals surface area contributed by atoms with Gasteiger partial charge in [-0.1, -0.05) is 34.1 Å². The van der Waals surface area contributed by atoms with Gasteiger partial charge in [0.2, 0.25) is 0 Å². The van der Waals surface area contributed by atoms with E-state index in [1.165, 1.54) is 0 Å². The van der Waals surface area contributed by atoms with E-state index in [0.29, 0.717) is 17.9 Å². The smallest absolute Gasteiger partial charge is 0.326 e. The van der Waals surface area contributed by atoms with Crippen molar-refractivity contribution < 1.29 is 9.90 Å². The van der Waals surface area contributed by atoms with Crippen LogP contribution in [0.15, 0.2) is 12.1 Å². The Hall–Kier alpha value is -2.18. The van der Waals surface area contributed by atoms with Gasteiger partial charge in [0.15, 0.2) is 11.5 Å². The van der Waals surface area contributed by atoms with Gasteiger partial charge in [0.05, 0.1) is 0 Å². The van der Waals surface area contributed by atoms with Gasteiger partial charge in [0, 0.05) is 5.41 Å². The highest BCUT2D eigenvalue weighted by Gasteiger charge is 2.22. The van der Waals surface area contributed by atoms with Crippen LogP contribution in [0.1, 0.15) is 46.4 Å². The molecule has 0 spiro atoms. The molecule has 0 fully saturated rings. The molecule has 1 unspecified atom stereocenters. The molecule has 0 aliphatic carbocycles. The second kappa shape index (κ2) is 5.67. The summed E-state index contributed by atoms with van der Waals surface area (Å²) in [6, 6.07) is 2.86. The first-order valence-electron chi connectivity index (χ1n) is 7.05. The average molecular weight is 291 g/mol. The number of hydrogen-bond donors (Lipinski definition) is 2. The van der Waals surface area contributed by atoms with Gasteiger partial charge in [0.1, 0.15) is 11.9 Å². The van der Waals surface area contributed by atoms with Crippen molar-refractivity contribution in [2.24, 2.45) is 0 Å². The Bertz CT molecular complexity index is 644. The number of carboxylic acid groups (broad SMARTS) is 1. The standard InChI is InChI=1S/C14H21N5O2/c1-5-6-9(12(20)21)15-10-7-8-11-16-17-13(14(2,3)4)19(11)18-10/h7-9H,5-6H2,1-4H3,(H,15,18)(H,20,21). The van der Waals surface area contributed by atoms with Crippen LogP contribution in [0.3, 0.4) is 0 Å². The Morgan fingerprint density at radius 2 is 2.10 bits per heavy atom. The van der Waals surface area contributed by atoms with Crippen molar-refractivity contribution in [3.05, 3.63) is 18.0 Å². The van der Waals surface area contributed by atoms with Gasteiger partial charge in [-0.05, 0) is 18.6 Å². The predicted octanol–water partition coefficient (Wildman–Crippen LogP) is 2.09. The lowest BCUT2D eigenvalue weighted by molar-refractivity contribution is -0.138. The van der Waals surface area contributed by atoms with E-state index in [0.717, 1.165) is 12.2 Å². The second-order valence-electron chi connectivity index (χ2n) is 6.09. The Morgan fingerprint density at radius 1 is 1.38 bits per heavy atom. The molecule has 2 N–H and O–H groups in total. The van der Waals surface area contributed by atoms with Gasteiger partial charge in [-0.3, -0.25) is 0 Å². The van der Waals surface area contributed by atoms with Crippen LogP contribution in [0.2, 0.25) is 0 Å². The van der Waals surface area contributed by atoms with E-state index >= 15 is 0 Å². The van der Waals surface area contributed by atoms with Crippen molar-refractivity contribution in [3.63, 3.8) is 0 Å². The number of aromatic nitrogens is 4. The summed E-state index contributed by atoms with van der Waals surface area (Å²) in [6.45, 7) is 8.04. The van der Waals surface area contributed by atoms with E-state index in [4.69, 9.17) is 0 Å². The molecular weight excluding hydrogens is 270 g/mol. The SMILES string of the molecule is CCCC(Nc1ccc2nnc(C(C)(C)C)n2n1)C(=O)O. The predicted molar refractivity (Wildman–Crippen MR) is 79.4 cm³/mol. The van der Waals surface area contributed by atoms with Crippen molar-refractivity contribution in [1.82, 2.24) is 19.8 Å². The maximum absolute atomic E-state index is 11.2. The molecule has 0 aliphatic rings. The van der Waals surface area contributed by atoms with Crippen molar-refractivity contribution in [2.75, 3.05) is 5.32 Å². The zero-order valence-electron chi connectivity index (χ0n) is 12.8. The molecule has 2 aromatic heterocycles. The number of carboxylic acids is 1. The lowest BCUT2D eigenvalue weighted by Crippen LogP contribution is -2.29. The van der Waals surface area contributed by atoms with E-state index in [1.54, 1.807) is 16.6 Å². The maximum Gasteiger partial charge on any atom is 0.326 e.